The van der Waals surface area contributed by atoms with Crippen molar-refractivity contribution in [2.24, 2.45) is 0 Å². The Morgan fingerprint density at radius 3 is 1.71 bits per heavy atom. The Hall–Kier alpha value is -1.65. The van der Waals surface area contributed by atoms with Gasteiger partial charge in [0.25, 0.3) is 0 Å². The molecule has 21 heavy (non-hydrogen) atoms. The summed E-state index contributed by atoms with van der Waals surface area (Å²) in [6.45, 7) is 3.50. The zero-order valence-corrected chi connectivity index (χ0v) is 13.3. The minimum Gasteiger partial charge on any atom is -0.386 e. The normalized spacial score (nSPS) is 12.4. The number of aliphatic hydroxyl groups is 1. The molecule has 0 aliphatic rings. The molecule has 0 heterocycles. The molecule has 112 valence electrons. The Bertz CT molecular complexity index is 706. The maximum Gasteiger partial charge on any atom is 0.151 e. The second kappa shape index (κ2) is 5.62. The van der Waals surface area contributed by atoms with Crippen LogP contribution in [0.4, 0.5) is 0 Å². The van der Waals surface area contributed by atoms with Crippen molar-refractivity contribution in [2.45, 2.75) is 25.2 Å². The van der Waals surface area contributed by atoms with Gasteiger partial charge in [-0.3, -0.25) is 0 Å². The molecule has 0 atom stereocenters. The number of rotatable bonds is 4. The Morgan fingerprint density at radius 2 is 1.33 bits per heavy atom. The number of sulfone groups is 1. The van der Waals surface area contributed by atoms with Crippen molar-refractivity contribution in [1.82, 2.24) is 0 Å². The van der Waals surface area contributed by atoms with Gasteiger partial charge in [0.2, 0.25) is 0 Å². The zero-order chi connectivity index (χ0) is 15.7. The van der Waals surface area contributed by atoms with E-state index in [0.717, 1.165) is 22.3 Å². The van der Waals surface area contributed by atoms with Gasteiger partial charge < -0.3 is 5.11 Å². The van der Waals surface area contributed by atoms with Crippen LogP contribution in [0.3, 0.4) is 0 Å². The van der Waals surface area contributed by atoms with Crippen molar-refractivity contribution < 1.29 is 13.5 Å². The van der Waals surface area contributed by atoms with Crippen LogP contribution in [0.1, 0.15) is 25.0 Å². The highest BCUT2D eigenvalue weighted by atomic mass is 32.2. The van der Waals surface area contributed by atoms with Gasteiger partial charge in [-0.1, -0.05) is 48.5 Å². The van der Waals surface area contributed by atoms with E-state index in [2.05, 4.69) is 0 Å². The molecule has 0 saturated carbocycles. The van der Waals surface area contributed by atoms with Crippen LogP contribution in [0.25, 0.3) is 11.1 Å². The molecule has 2 aromatic carbocycles. The first kappa shape index (κ1) is 15.7. The Kier molecular flexibility index (Phi) is 4.21. The van der Waals surface area contributed by atoms with Crippen molar-refractivity contribution in [2.75, 3.05) is 6.26 Å². The molecule has 2 rings (SSSR count). The van der Waals surface area contributed by atoms with Crippen LogP contribution in [0.2, 0.25) is 0 Å². The van der Waals surface area contributed by atoms with Gasteiger partial charge in [0.05, 0.1) is 11.4 Å². The SMILES string of the molecule is CC(C)(O)c1ccc(-c2ccc(CS(C)(=O)=O)cc2)cc1. The Balaban J connectivity index is 2.23. The van der Waals surface area contributed by atoms with Crippen LogP contribution in [0, 0.1) is 0 Å². The van der Waals surface area contributed by atoms with Crippen molar-refractivity contribution in [3.05, 3.63) is 59.7 Å². The number of hydrogen-bond acceptors (Lipinski definition) is 3. The van der Waals surface area contributed by atoms with Crippen LogP contribution in [-0.4, -0.2) is 19.8 Å². The summed E-state index contributed by atoms with van der Waals surface area (Å²) in [5.41, 5.74) is 2.86. The van der Waals surface area contributed by atoms with E-state index in [1.165, 1.54) is 6.26 Å². The van der Waals surface area contributed by atoms with E-state index >= 15 is 0 Å². The molecule has 3 nitrogen and oxygen atoms in total. The van der Waals surface area contributed by atoms with Crippen molar-refractivity contribution in [3.63, 3.8) is 0 Å². The lowest BCUT2D eigenvalue weighted by molar-refractivity contribution is 0.0786. The molecule has 0 saturated heterocycles. The van der Waals surface area contributed by atoms with Gasteiger partial charge in [-0.25, -0.2) is 8.42 Å². The first-order valence-corrected chi connectivity index (χ1v) is 8.81. The second-order valence-electron chi connectivity index (χ2n) is 5.90. The third-order valence-electron chi connectivity index (χ3n) is 3.31. The molecule has 2 aromatic rings. The van der Waals surface area contributed by atoms with Crippen LogP contribution < -0.4 is 0 Å². The van der Waals surface area contributed by atoms with E-state index in [-0.39, 0.29) is 5.75 Å². The summed E-state index contributed by atoms with van der Waals surface area (Å²) in [6.07, 6.45) is 1.23. The van der Waals surface area contributed by atoms with Crippen molar-refractivity contribution in [3.8, 4) is 11.1 Å². The summed E-state index contributed by atoms with van der Waals surface area (Å²) in [4.78, 5) is 0. The minimum atomic E-state index is -3.00. The fourth-order valence-corrected chi connectivity index (χ4v) is 2.96. The molecule has 0 bridgehead atoms. The summed E-state index contributed by atoms with van der Waals surface area (Å²) in [5.74, 6) is 0.0604. The van der Waals surface area contributed by atoms with Crippen LogP contribution >= 0.6 is 0 Å². The van der Waals surface area contributed by atoms with E-state index in [4.69, 9.17) is 0 Å². The molecule has 4 heteroatoms. The summed E-state index contributed by atoms with van der Waals surface area (Å²) in [6, 6.07) is 15.2. The maximum absolute atomic E-state index is 11.3. The highest BCUT2D eigenvalue weighted by molar-refractivity contribution is 7.89. The standard InChI is InChI=1S/C17H20O3S/c1-17(2,18)16-10-8-15(9-11-16)14-6-4-13(5-7-14)12-21(3,19)20/h4-11,18H,12H2,1-3H3. The smallest absolute Gasteiger partial charge is 0.151 e. The Morgan fingerprint density at radius 1 is 0.905 bits per heavy atom. The summed E-state index contributed by atoms with van der Waals surface area (Å²) in [5, 5.41) is 9.94. The zero-order valence-electron chi connectivity index (χ0n) is 12.5. The quantitative estimate of drug-likeness (QED) is 0.944. The molecular formula is C17H20O3S. The fourth-order valence-electron chi connectivity index (χ4n) is 2.17. The van der Waals surface area contributed by atoms with E-state index < -0.39 is 15.4 Å². The monoisotopic (exact) mass is 304 g/mol. The van der Waals surface area contributed by atoms with Gasteiger partial charge >= 0.3 is 0 Å². The van der Waals surface area contributed by atoms with Gasteiger partial charge in [0.1, 0.15) is 0 Å². The molecule has 1 N–H and O–H groups in total. The minimum absolute atomic E-state index is 0.0604. The topological polar surface area (TPSA) is 54.4 Å². The van der Waals surface area contributed by atoms with Crippen LogP contribution in [0.5, 0.6) is 0 Å². The van der Waals surface area contributed by atoms with Crippen LogP contribution in [0.15, 0.2) is 48.5 Å². The summed E-state index contributed by atoms with van der Waals surface area (Å²) >= 11 is 0. The van der Waals surface area contributed by atoms with Gasteiger partial charge in [-0.05, 0) is 36.1 Å². The molecule has 0 aromatic heterocycles. The average molecular weight is 304 g/mol. The lowest BCUT2D eigenvalue weighted by Gasteiger charge is -2.18. The third-order valence-corrected chi connectivity index (χ3v) is 4.17. The molecule has 0 unspecified atom stereocenters. The molecule has 0 radical (unpaired) electrons. The Labute approximate surface area is 126 Å². The number of benzene rings is 2. The van der Waals surface area contributed by atoms with E-state index in [0.29, 0.717) is 0 Å². The predicted octanol–water partition coefficient (Wildman–Crippen LogP) is 3.13. The van der Waals surface area contributed by atoms with Gasteiger partial charge in [-0.15, -0.1) is 0 Å². The lowest BCUT2D eigenvalue weighted by atomic mass is 9.95. The summed E-state index contributed by atoms with van der Waals surface area (Å²) in [7, 11) is -3.00. The highest BCUT2D eigenvalue weighted by Gasteiger charge is 2.15. The average Bonchev–Trinajstić information content (AvgIpc) is 2.37. The second-order valence-corrected chi connectivity index (χ2v) is 8.04. The molecule has 0 fully saturated rings. The van der Waals surface area contributed by atoms with E-state index in [1.54, 1.807) is 13.8 Å². The molecule has 0 aliphatic heterocycles. The fraction of sp³-hybridized carbons (Fsp3) is 0.294. The van der Waals surface area contributed by atoms with Crippen molar-refractivity contribution in [1.29, 1.82) is 0 Å². The first-order chi connectivity index (χ1) is 9.65. The van der Waals surface area contributed by atoms with E-state index in [1.807, 2.05) is 48.5 Å². The molecule has 0 amide bonds. The van der Waals surface area contributed by atoms with Crippen LogP contribution in [-0.2, 0) is 21.2 Å². The van der Waals surface area contributed by atoms with Gasteiger partial charge in [0, 0.05) is 6.26 Å². The van der Waals surface area contributed by atoms with Gasteiger partial charge in [0.15, 0.2) is 9.84 Å². The number of hydrogen-bond donors (Lipinski definition) is 1. The summed E-state index contributed by atoms with van der Waals surface area (Å²) < 4.78 is 22.5. The third kappa shape index (κ3) is 4.41. The lowest BCUT2D eigenvalue weighted by Crippen LogP contribution is -2.14. The largest absolute Gasteiger partial charge is 0.386 e. The van der Waals surface area contributed by atoms with Gasteiger partial charge in [-0.2, -0.15) is 0 Å². The predicted molar refractivity (Wildman–Crippen MR) is 85.7 cm³/mol. The molecular weight excluding hydrogens is 284 g/mol. The maximum atomic E-state index is 11.3. The van der Waals surface area contributed by atoms with Crippen molar-refractivity contribution >= 4 is 9.84 Å². The van der Waals surface area contributed by atoms with E-state index in [9.17, 15) is 13.5 Å². The first-order valence-electron chi connectivity index (χ1n) is 6.75. The highest BCUT2D eigenvalue weighted by Crippen LogP contribution is 2.25. The molecule has 0 spiro atoms. The molecule has 0 aliphatic carbocycles.